The van der Waals surface area contributed by atoms with Crippen molar-refractivity contribution in [2.45, 2.75) is 53.2 Å². The van der Waals surface area contributed by atoms with E-state index in [1.165, 1.54) is 5.56 Å². The van der Waals surface area contributed by atoms with E-state index in [0.717, 1.165) is 38.8 Å². The van der Waals surface area contributed by atoms with Crippen LogP contribution in [0.2, 0.25) is 0 Å². The second kappa shape index (κ2) is 9.11. The van der Waals surface area contributed by atoms with Crippen molar-refractivity contribution in [2.75, 3.05) is 13.7 Å². The molecule has 31 heavy (non-hydrogen) atoms. The summed E-state index contributed by atoms with van der Waals surface area (Å²) in [5, 5.41) is 2.09. The zero-order chi connectivity index (χ0) is 22.8. The van der Waals surface area contributed by atoms with Gasteiger partial charge >= 0.3 is 5.97 Å². The van der Waals surface area contributed by atoms with Crippen molar-refractivity contribution in [3.63, 3.8) is 0 Å². The quantitative estimate of drug-likeness (QED) is 0.424. The highest BCUT2D eigenvalue weighted by Gasteiger charge is 2.32. The van der Waals surface area contributed by atoms with Gasteiger partial charge in [-0.15, -0.1) is 0 Å². The van der Waals surface area contributed by atoms with Gasteiger partial charge in [0.2, 0.25) is 0 Å². The summed E-state index contributed by atoms with van der Waals surface area (Å²) in [6, 6.07) is 16.5. The number of hydrogen-bond acceptors (Lipinski definition) is 4. The maximum Gasteiger partial charge on any atom is 0.339 e. The molecule has 0 aliphatic carbocycles. The van der Waals surface area contributed by atoms with Crippen molar-refractivity contribution in [1.29, 1.82) is 0 Å². The van der Waals surface area contributed by atoms with Crippen molar-refractivity contribution in [3.8, 4) is 16.9 Å². The number of benzene rings is 3. The highest BCUT2D eigenvalue weighted by Crippen LogP contribution is 2.41. The maximum absolute atomic E-state index is 13.1. The number of hydrogen-bond donors (Lipinski definition) is 0. The van der Waals surface area contributed by atoms with Gasteiger partial charge in [0, 0.05) is 5.56 Å². The Kier molecular flexibility index (Phi) is 6.71. The number of carbonyl (C=O) groups excluding carboxylic acids is 1. The summed E-state index contributed by atoms with van der Waals surface area (Å²) in [7, 11) is 1.66. The number of methoxy groups -OCH3 is 1. The molecule has 3 aromatic rings. The molecule has 0 aliphatic heterocycles. The Morgan fingerprint density at radius 1 is 1.00 bits per heavy atom. The van der Waals surface area contributed by atoms with E-state index in [0.29, 0.717) is 6.61 Å². The first-order valence-corrected chi connectivity index (χ1v) is 10.7. The minimum Gasteiger partial charge on any atom is -0.497 e. The lowest BCUT2D eigenvalue weighted by atomic mass is 9.87. The van der Waals surface area contributed by atoms with Crippen LogP contribution in [0.15, 0.2) is 48.5 Å². The predicted molar refractivity (Wildman–Crippen MR) is 126 cm³/mol. The summed E-state index contributed by atoms with van der Waals surface area (Å²) in [6.07, 6.45) is -0.831. The highest BCUT2D eigenvalue weighted by atomic mass is 16.6. The third kappa shape index (κ3) is 5.08. The molecule has 164 valence electrons. The summed E-state index contributed by atoms with van der Waals surface area (Å²) in [5.41, 5.74) is 4.49. The largest absolute Gasteiger partial charge is 0.497 e. The molecule has 0 saturated carbocycles. The second-order valence-electron chi connectivity index (χ2n) is 8.80. The third-order valence-electron chi connectivity index (χ3n) is 5.17. The van der Waals surface area contributed by atoms with Crippen LogP contribution < -0.4 is 4.74 Å². The van der Waals surface area contributed by atoms with Gasteiger partial charge in [0.1, 0.15) is 5.75 Å². The first-order chi connectivity index (χ1) is 14.6. The first kappa shape index (κ1) is 22.8. The molecule has 0 spiro atoms. The normalized spacial score (nSPS) is 12.6. The van der Waals surface area contributed by atoms with Gasteiger partial charge in [0.25, 0.3) is 0 Å². The summed E-state index contributed by atoms with van der Waals surface area (Å²) >= 11 is 0. The van der Waals surface area contributed by atoms with E-state index in [2.05, 4.69) is 37.3 Å². The summed E-state index contributed by atoms with van der Waals surface area (Å²) in [6.45, 7) is 12.0. The van der Waals surface area contributed by atoms with Gasteiger partial charge in [-0.1, -0.05) is 42.0 Å². The van der Waals surface area contributed by atoms with E-state index in [1.54, 1.807) is 7.11 Å². The predicted octanol–water partition coefficient (Wildman–Crippen LogP) is 6.55. The van der Waals surface area contributed by atoms with Crippen LogP contribution in [0, 0.1) is 13.8 Å². The lowest BCUT2D eigenvalue weighted by Gasteiger charge is -2.29. The monoisotopic (exact) mass is 420 g/mol. The van der Waals surface area contributed by atoms with Crippen molar-refractivity contribution in [1.82, 2.24) is 0 Å². The Labute approximate surface area is 185 Å². The van der Waals surface area contributed by atoms with E-state index in [9.17, 15) is 4.79 Å². The molecular formula is C27H32O4. The molecule has 0 saturated heterocycles. The van der Waals surface area contributed by atoms with Gasteiger partial charge in [0.15, 0.2) is 6.10 Å². The number of fused-ring (bicyclic) bond motifs is 1. The average molecular weight is 421 g/mol. The summed E-state index contributed by atoms with van der Waals surface area (Å²) in [5.74, 6) is 0.420. The molecule has 0 aromatic heterocycles. The molecule has 0 aliphatic rings. The van der Waals surface area contributed by atoms with E-state index in [-0.39, 0.29) is 5.97 Å². The van der Waals surface area contributed by atoms with Crippen LogP contribution in [-0.2, 0) is 14.3 Å². The fraction of sp³-hybridized carbons (Fsp3) is 0.370. The van der Waals surface area contributed by atoms with Crippen LogP contribution in [0.4, 0.5) is 0 Å². The van der Waals surface area contributed by atoms with Gasteiger partial charge in [-0.3, -0.25) is 0 Å². The molecule has 0 amide bonds. The van der Waals surface area contributed by atoms with Crippen molar-refractivity contribution in [2.24, 2.45) is 0 Å². The topological polar surface area (TPSA) is 44.8 Å². The van der Waals surface area contributed by atoms with Crippen LogP contribution in [-0.4, -0.2) is 25.3 Å². The van der Waals surface area contributed by atoms with Gasteiger partial charge in [-0.25, -0.2) is 4.79 Å². The number of ether oxygens (including phenoxy) is 3. The van der Waals surface area contributed by atoms with Crippen molar-refractivity contribution in [3.05, 3.63) is 65.2 Å². The number of aryl methyl sites for hydroxylation is 2. The zero-order valence-electron chi connectivity index (χ0n) is 19.5. The van der Waals surface area contributed by atoms with Crippen LogP contribution in [0.3, 0.4) is 0 Å². The molecule has 0 radical (unpaired) electrons. The molecule has 1 atom stereocenters. The van der Waals surface area contributed by atoms with Gasteiger partial charge in [-0.05, 0) is 81.1 Å². The zero-order valence-corrected chi connectivity index (χ0v) is 19.5. The second-order valence-corrected chi connectivity index (χ2v) is 8.80. The third-order valence-corrected chi connectivity index (χ3v) is 5.17. The average Bonchev–Trinajstić information content (AvgIpc) is 2.71. The standard InChI is InChI=1S/C27H32O4/c1-8-30-26(28)25(31-27(4,5)6)23-18(3)15-20-16-21(29-7)13-14-22(20)24(23)19-11-9-17(2)10-12-19/h9-16,25H,8H2,1-7H3. The Balaban J connectivity index is 2.37. The molecule has 0 N–H and O–H groups in total. The van der Waals surface area contributed by atoms with E-state index in [4.69, 9.17) is 14.2 Å². The van der Waals surface area contributed by atoms with Gasteiger partial charge in [0.05, 0.1) is 19.3 Å². The Morgan fingerprint density at radius 3 is 2.26 bits per heavy atom. The number of rotatable bonds is 6. The fourth-order valence-electron chi connectivity index (χ4n) is 3.83. The van der Waals surface area contributed by atoms with Gasteiger partial charge < -0.3 is 14.2 Å². The summed E-state index contributed by atoms with van der Waals surface area (Å²) in [4.78, 5) is 13.1. The Hall–Kier alpha value is -2.85. The maximum atomic E-state index is 13.1. The molecule has 1 unspecified atom stereocenters. The molecule has 3 rings (SSSR count). The highest BCUT2D eigenvalue weighted by molar-refractivity contribution is 6.01. The first-order valence-electron chi connectivity index (χ1n) is 10.7. The van der Waals surface area contributed by atoms with Crippen LogP contribution in [0.1, 0.15) is 50.5 Å². The van der Waals surface area contributed by atoms with Crippen LogP contribution in [0.5, 0.6) is 5.75 Å². The minimum atomic E-state index is -0.831. The molecule has 0 fully saturated rings. The molecule has 3 aromatic carbocycles. The smallest absolute Gasteiger partial charge is 0.339 e. The van der Waals surface area contributed by atoms with Crippen molar-refractivity contribution < 1.29 is 19.0 Å². The fourth-order valence-corrected chi connectivity index (χ4v) is 3.83. The molecule has 4 heteroatoms. The lowest BCUT2D eigenvalue weighted by Crippen LogP contribution is -2.29. The Bertz CT molecular complexity index is 1080. The van der Waals surface area contributed by atoms with Crippen molar-refractivity contribution >= 4 is 16.7 Å². The van der Waals surface area contributed by atoms with E-state index >= 15 is 0 Å². The van der Waals surface area contributed by atoms with E-state index < -0.39 is 11.7 Å². The molecular weight excluding hydrogens is 388 g/mol. The minimum absolute atomic E-state index is 0.298. The van der Waals surface area contributed by atoms with Crippen LogP contribution >= 0.6 is 0 Å². The van der Waals surface area contributed by atoms with E-state index in [1.807, 2.05) is 52.8 Å². The lowest BCUT2D eigenvalue weighted by molar-refractivity contribution is -0.166. The Morgan fingerprint density at radius 2 is 1.68 bits per heavy atom. The van der Waals surface area contributed by atoms with Gasteiger partial charge in [-0.2, -0.15) is 0 Å². The number of esters is 1. The number of carbonyl (C=O) groups is 1. The van der Waals surface area contributed by atoms with Crippen LogP contribution in [0.25, 0.3) is 21.9 Å². The molecule has 0 heterocycles. The SMILES string of the molecule is CCOC(=O)C(OC(C)(C)C)c1c(C)cc2cc(OC)ccc2c1-c1ccc(C)cc1. The molecule has 4 nitrogen and oxygen atoms in total. The molecule has 0 bridgehead atoms. The summed E-state index contributed by atoms with van der Waals surface area (Å²) < 4.78 is 17.2.